The lowest BCUT2D eigenvalue weighted by Crippen LogP contribution is -2.14. The first kappa shape index (κ1) is 22.1. The van der Waals surface area contributed by atoms with E-state index in [-0.39, 0.29) is 13.0 Å². The van der Waals surface area contributed by atoms with Crippen molar-refractivity contribution in [2.45, 2.75) is 20.0 Å². The van der Waals surface area contributed by atoms with E-state index in [1.807, 2.05) is 66.7 Å². The summed E-state index contributed by atoms with van der Waals surface area (Å²) in [7, 11) is 0. The number of hydrogen-bond donors (Lipinski definition) is 2. The summed E-state index contributed by atoms with van der Waals surface area (Å²) < 4.78 is 9.60. The highest BCUT2D eigenvalue weighted by Crippen LogP contribution is 2.24. The number of fused-ring (bicyclic) bond motifs is 1. The van der Waals surface area contributed by atoms with Crippen LogP contribution in [0.25, 0.3) is 10.8 Å². The van der Waals surface area contributed by atoms with E-state index in [1.165, 1.54) is 11.5 Å². The highest BCUT2D eigenvalue weighted by molar-refractivity contribution is 7.07. The van der Waals surface area contributed by atoms with E-state index in [0.29, 0.717) is 16.3 Å². The maximum absolute atomic E-state index is 12.3. The fourth-order valence-electron chi connectivity index (χ4n) is 3.25. The number of aryl methyl sites for hydroxylation is 1. The zero-order valence-electron chi connectivity index (χ0n) is 17.8. The molecule has 0 saturated carbocycles. The molecule has 0 spiro atoms. The molecule has 0 atom stereocenters. The molecule has 4 rings (SSSR count). The number of carboxylic acids is 1. The largest absolute Gasteiger partial charge is 0.481 e. The van der Waals surface area contributed by atoms with Gasteiger partial charge in [-0.05, 0) is 58.4 Å². The van der Waals surface area contributed by atoms with Crippen molar-refractivity contribution in [3.8, 4) is 11.8 Å². The van der Waals surface area contributed by atoms with Gasteiger partial charge in [-0.2, -0.15) is 4.37 Å². The lowest BCUT2D eigenvalue weighted by molar-refractivity contribution is -0.136. The van der Waals surface area contributed by atoms with Crippen LogP contribution in [0.5, 0.6) is 0 Å². The third kappa shape index (κ3) is 5.76. The number of benzene rings is 3. The van der Waals surface area contributed by atoms with Gasteiger partial charge in [-0.3, -0.25) is 10.1 Å². The zero-order valence-corrected chi connectivity index (χ0v) is 18.6. The molecule has 1 heterocycles. The van der Waals surface area contributed by atoms with Crippen LogP contribution in [0.3, 0.4) is 0 Å². The second kappa shape index (κ2) is 9.98. The SMILES string of the molecule is Cc1nsc(C#Cc2ccc3cc(CC(=O)O)ccc3c2)c1NC(=O)OCc1ccccc1. The number of aromatic nitrogens is 1. The van der Waals surface area contributed by atoms with E-state index < -0.39 is 12.1 Å². The average Bonchev–Trinajstić information content (AvgIpc) is 3.15. The highest BCUT2D eigenvalue weighted by atomic mass is 32.1. The van der Waals surface area contributed by atoms with Crippen LogP contribution in [0, 0.1) is 18.8 Å². The average molecular weight is 457 g/mol. The number of carbonyl (C=O) groups excluding carboxylic acids is 1. The summed E-state index contributed by atoms with van der Waals surface area (Å²) in [5.74, 6) is 5.35. The maximum Gasteiger partial charge on any atom is 0.412 e. The Balaban J connectivity index is 1.48. The lowest BCUT2D eigenvalue weighted by Gasteiger charge is -2.07. The Morgan fingerprint density at radius 3 is 2.55 bits per heavy atom. The number of amides is 1. The minimum atomic E-state index is -0.856. The third-order valence-electron chi connectivity index (χ3n) is 4.88. The van der Waals surface area contributed by atoms with E-state index in [4.69, 9.17) is 9.84 Å². The summed E-state index contributed by atoms with van der Waals surface area (Å²) in [5, 5.41) is 13.6. The molecule has 0 saturated heterocycles. The second-order valence-corrected chi connectivity index (χ2v) is 8.15. The number of carboxylic acid groups (broad SMARTS) is 1. The van der Waals surface area contributed by atoms with Crippen molar-refractivity contribution < 1.29 is 19.4 Å². The van der Waals surface area contributed by atoms with E-state index >= 15 is 0 Å². The molecule has 0 fully saturated rings. The first-order valence-corrected chi connectivity index (χ1v) is 11.0. The molecule has 6 nitrogen and oxygen atoms in total. The topological polar surface area (TPSA) is 88.5 Å². The van der Waals surface area contributed by atoms with E-state index in [1.54, 1.807) is 6.92 Å². The molecule has 0 aliphatic carbocycles. The molecule has 7 heteroatoms. The number of rotatable bonds is 5. The smallest absolute Gasteiger partial charge is 0.412 e. The van der Waals surface area contributed by atoms with Gasteiger partial charge in [0.1, 0.15) is 11.5 Å². The van der Waals surface area contributed by atoms with Gasteiger partial charge in [0.05, 0.1) is 17.8 Å². The van der Waals surface area contributed by atoms with Crippen molar-refractivity contribution in [1.82, 2.24) is 4.37 Å². The Morgan fingerprint density at radius 1 is 1.00 bits per heavy atom. The van der Waals surface area contributed by atoms with Crippen LogP contribution in [-0.4, -0.2) is 21.5 Å². The molecule has 1 aromatic heterocycles. The van der Waals surface area contributed by atoms with Gasteiger partial charge in [-0.1, -0.05) is 60.5 Å². The molecule has 164 valence electrons. The van der Waals surface area contributed by atoms with Crippen molar-refractivity contribution in [3.05, 3.63) is 94.0 Å². The number of aliphatic carboxylic acids is 1. The standard InChI is InChI=1S/C26H20N2O4S/c1-17-25(27-26(31)32-16-19-5-3-2-4-6-19)23(33-28-17)12-9-18-7-10-22-14-20(15-24(29)30)8-11-21(22)13-18/h2-8,10-11,13-14H,15-16H2,1H3,(H,27,31)(H,29,30). The van der Waals surface area contributed by atoms with Crippen molar-refractivity contribution in [1.29, 1.82) is 0 Å². The van der Waals surface area contributed by atoms with Crippen LogP contribution < -0.4 is 5.32 Å². The van der Waals surface area contributed by atoms with Crippen molar-refractivity contribution in [2.24, 2.45) is 0 Å². The molecule has 0 radical (unpaired) electrons. The van der Waals surface area contributed by atoms with Crippen LogP contribution in [0.4, 0.5) is 10.5 Å². The molecular formula is C26H20N2O4S. The molecule has 4 aromatic rings. The summed E-state index contributed by atoms with van der Waals surface area (Å²) in [5.41, 5.74) is 3.68. The summed E-state index contributed by atoms with van der Waals surface area (Å²) in [6.45, 7) is 1.98. The highest BCUT2D eigenvalue weighted by Gasteiger charge is 2.13. The fraction of sp³-hybridized carbons (Fsp3) is 0.115. The van der Waals surface area contributed by atoms with E-state index in [0.717, 1.165) is 27.5 Å². The van der Waals surface area contributed by atoms with Crippen molar-refractivity contribution in [3.63, 3.8) is 0 Å². The Hall–Kier alpha value is -4.15. The number of nitrogens with zero attached hydrogens (tertiary/aromatic N) is 1. The monoisotopic (exact) mass is 456 g/mol. The predicted octanol–water partition coefficient (Wildman–Crippen LogP) is 5.38. The Morgan fingerprint density at radius 2 is 1.76 bits per heavy atom. The Bertz CT molecular complexity index is 1380. The first-order chi connectivity index (χ1) is 16.0. The predicted molar refractivity (Wildman–Crippen MR) is 128 cm³/mol. The van der Waals surface area contributed by atoms with Crippen molar-refractivity contribution >= 4 is 40.1 Å². The molecule has 2 N–H and O–H groups in total. The van der Waals surface area contributed by atoms with Gasteiger partial charge in [0.25, 0.3) is 0 Å². The van der Waals surface area contributed by atoms with Gasteiger partial charge in [-0.25, -0.2) is 4.79 Å². The van der Waals surface area contributed by atoms with Gasteiger partial charge in [0.2, 0.25) is 0 Å². The van der Waals surface area contributed by atoms with Crippen LogP contribution in [0.1, 0.15) is 27.3 Å². The molecular weight excluding hydrogens is 436 g/mol. The fourth-order valence-corrected chi connectivity index (χ4v) is 3.96. The van der Waals surface area contributed by atoms with Gasteiger partial charge >= 0.3 is 12.1 Å². The van der Waals surface area contributed by atoms with Crippen LogP contribution in [0.15, 0.2) is 66.7 Å². The normalized spacial score (nSPS) is 10.3. The number of anilines is 1. The van der Waals surface area contributed by atoms with E-state index in [9.17, 15) is 9.59 Å². The first-order valence-electron chi connectivity index (χ1n) is 10.2. The third-order valence-corrected chi connectivity index (χ3v) is 5.74. The Labute approximate surface area is 195 Å². The number of ether oxygens (including phenoxy) is 1. The quantitative estimate of drug-likeness (QED) is 0.394. The molecule has 0 aliphatic rings. The van der Waals surface area contributed by atoms with Crippen LogP contribution in [0.2, 0.25) is 0 Å². The number of nitrogens with one attached hydrogen (secondary N) is 1. The zero-order chi connectivity index (χ0) is 23.2. The van der Waals surface area contributed by atoms with Gasteiger partial charge in [0.15, 0.2) is 0 Å². The van der Waals surface area contributed by atoms with Gasteiger partial charge < -0.3 is 9.84 Å². The minimum Gasteiger partial charge on any atom is -0.481 e. The molecule has 0 unspecified atom stereocenters. The maximum atomic E-state index is 12.3. The summed E-state index contributed by atoms with van der Waals surface area (Å²) >= 11 is 1.21. The molecule has 1 amide bonds. The van der Waals surface area contributed by atoms with Gasteiger partial charge in [0, 0.05) is 5.56 Å². The molecule has 3 aromatic carbocycles. The van der Waals surface area contributed by atoms with Crippen molar-refractivity contribution in [2.75, 3.05) is 5.32 Å². The molecule has 33 heavy (non-hydrogen) atoms. The summed E-state index contributed by atoms with van der Waals surface area (Å²) in [4.78, 5) is 23.8. The summed E-state index contributed by atoms with van der Waals surface area (Å²) in [6.07, 6.45) is -0.570. The number of hydrogen-bond acceptors (Lipinski definition) is 5. The summed E-state index contributed by atoms with van der Waals surface area (Å²) in [6, 6.07) is 20.8. The molecule has 0 aliphatic heterocycles. The van der Waals surface area contributed by atoms with Crippen LogP contribution >= 0.6 is 11.5 Å². The molecule has 0 bridgehead atoms. The Kier molecular flexibility index (Phi) is 6.67. The lowest BCUT2D eigenvalue weighted by atomic mass is 10.0. The second-order valence-electron chi connectivity index (χ2n) is 7.38. The number of carbonyl (C=O) groups is 2. The minimum absolute atomic E-state index is 0.00815. The van der Waals surface area contributed by atoms with E-state index in [2.05, 4.69) is 21.5 Å². The van der Waals surface area contributed by atoms with Crippen LogP contribution in [-0.2, 0) is 22.6 Å². The van der Waals surface area contributed by atoms with Gasteiger partial charge in [-0.15, -0.1) is 0 Å².